The summed E-state index contributed by atoms with van der Waals surface area (Å²) in [7, 11) is 0. The van der Waals surface area contributed by atoms with Crippen LogP contribution in [0.5, 0.6) is 5.75 Å². The van der Waals surface area contributed by atoms with Gasteiger partial charge < -0.3 is 31.7 Å². The van der Waals surface area contributed by atoms with Gasteiger partial charge in [-0.05, 0) is 70.7 Å². The number of unbranched alkanes of at least 4 members (excludes halogenated alkanes) is 1. The zero-order valence-corrected chi connectivity index (χ0v) is 19.2. The summed E-state index contributed by atoms with van der Waals surface area (Å²) in [4.78, 5) is 50.4. The molecule has 1 rings (SSSR count). The Morgan fingerprint density at radius 1 is 1.12 bits per heavy atom. The van der Waals surface area contributed by atoms with E-state index in [9.17, 15) is 29.4 Å². The third kappa shape index (κ3) is 9.87. The zero-order chi connectivity index (χ0) is 25.2. The molecule has 0 heterocycles. The summed E-state index contributed by atoms with van der Waals surface area (Å²) in [6.07, 6.45) is -0.000938. The van der Waals surface area contributed by atoms with Gasteiger partial charge in [-0.1, -0.05) is 12.1 Å². The second-order valence-electron chi connectivity index (χ2n) is 8.57. The number of hydrogen-bond donors (Lipinski definition) is 5. The van der Waals surface area contributed by atoms with E-state index in [1.807, 2.05) is 0 Å². The first-order valence-electron chi connectivity index (χ1n) is 10.6. The summed E-state index contributed by atoms with van der Waals surface area (Å²) >= 11 is 0. The molecule has 11 heteroatoms. The highest BCUT2D eigenvalue weighted by Gasteiger charge is 2.37. The summed E-state index contributed by atoms with van der Waals surface area (Å²) in [5.74, 6) is -3.15. The molecule has 0 aliphatic carbocycles. The van der Waals surface area contributed by atoms with Gasteiger partial charge in [-0.3, -0.25) is 14.5 Å². The van der Waals surface area contributed by atoms with Crippen LogP contribution in [0.15, 0.2) is 24.3 Å². The van der Waals surface area contributed by atoms with Crippen molar-refractivity contribution in [2.24, 2.45) is 11.5 Å². The predicted octanol–water partition coefficient (Wildman–Crippen LogP) is 0.724. The summed E-state index contributed by atoms with van der Waals surface area (Å²) in [5.41, 5.74) is 11.3. The molecule has 2 unspecified atom stereocenters. The fourth-order valence-electron chi connectivity index (χ4n) is 2.99. The van der Waals surface area contributed by atoms with E-state index in [1.54, 1.807) is 32.9 Å². The minimum Gasteiger partial charge on any atom is -0.508 e. The van der Waals surface area contributed by atoms with Gasteiger partial charge in [-0.2, -0.15) is 0 Å². The lowest BCUT2D eigenvalue weighted by Crippen LogP contribution is -2.57. The third-order valence-electron chi connectivity index (χ3n) is 4.53. The number of rotatable bonds is 11. The van der Waals surface area contributed by atoms with E-state index in [0.29, 0.717) is 29.8 Å². The SMILES string of the molecule is CC(C)(C)OC(=O)NCC(=O)N(C(=O)C(N)Cc1ccc(O)cc1)C(CCCCN)C(=O)O. The number of alkyl carbamates (subject to hydrolysis) is 1. The Labute approximate surface area is 193 Å². The highest BCUT2D eigenvalue weighted by molar-refractivity contribution is 6.02. The van der Waals surface area contributed by atoms with Crippen LogP contribution >= 0.6 is 0 Å². The van der Waals surface area contributed by atoms with Gasteiger partial charge in [0.15, 0.2) is 0 Å². The molecule has 7 N–H and O–H groups in total. The van der Waals surface area contributed by atoms with Gasteiger partial charge in [0.05, 0.1) is 6.04 Å². The molecule has 0 saturated carbocycles. The zero-order valence-electron chi connectivity index (χ0n) is 19.2. The number of phenolic OH excluding ortho intramolecular Hbond substituents is 1. The number of nitrogens with two attached hydrogens (primary N) is 2. The molecule has 0 spiro atoms. The Bertz CT molecular complexity index is 821. The number of carbonyl (C=O) groups is 4. The quantitative estimate of drug-likeness (QED) is 0.293. The lowest BCUT2D eigenvalue weighted by Gasteiger charge is -2.30. The van der Waals surface area contributed by atoms with Crippen molar-refractivity contribution < 1.29 is 34.1 Å². The maximum Gasteiger partial charge on any atom is 0.408 e. The van der Waals surface area contributed by atoms with Gasteiger partial charge in [0.2, 0.25) is 11.8 Å². The average molecular weight is 467 g/mol. The largest absolute Gasteiger partial charge is 0.508 e. The van der Waals surface area contributed by atoms with Crippen molar-refractivity contribution in [3.63, 3.8) is 0 Å². The normalized spacial score (nSPS) is 13.0. The number of amides is 3. The first-order chi connectivity index (χ1) is 15.4. The molecule has 0 bridgehead atoms. The number of ether oxygens (including phenoxy) is 1. The molecule has 184 valence electrons. The van der Waals surface area contributed by atoms with E-state index in [-0.39, 0.29) is 18.6 Å². The number of nitrogens with zero attached hydrogens (tertiary/aromatic N) is 1. The molecule has 33 heavy (non-hydrogen) atoms. The number of nitrogens with one attached hydrogen (secondary N) is 1. The number of imide groups is 1. The van der Waals surface area contributed by atoms with Crippen LogP contribution in [0, 0.1) is 0 Å². The Morgan fingerprint density at radius 2 is 1.73 bits per heavy atom. The van der Waals surface area contributed by atoms with Crippen molar-refractivity contribution in [2.75, 3.05) is 13.1 Å². The summed E-state index contributed by atoms with van der Waals surface area (Å²) < 4.78 is 5.07. The molecule has 2 atom stereocenters. The topological polar surface area (TPSA) is 185 Å². The first-order valence-corrected chi connectivity index (χ1v) is 10.6. The molecule has 0 fully saturated rings. The van der Waals surface area contributed by atoms with Gasteiger partial charge >= 0.3 is 12.1 Å². The fraction of sp³-hybridized carbons (Fsp3) is 0.545. The number of phenols is 1. The van der Waals surface area contributed by atoms with Crippen molar-refractivity contribution in [1.82, 2.24) is 10.2 Å². The number of carbonyl (C=O) groups excluding carboxylic acids is 3. The minimum atomic E-state index is -1.47. The lowest BCUT2D eigenvalue weighted by atomic mass is 10.0. The number of aromatic hydroxyl groups is 1. The van der Waals surface area contributed by atoms with Gasteiger partial charge in [0, 0.05) is 0 Å². The van der Waals surface area contributed by atoms with E-state index in [0.717, 1.165) is 0 Å². The van der Waals surface area contributed by atoms with E-state index in [4.69, 9.17) is 16.2 Å². The molecule has 11 nitrogen and oxygen atoms in total. The Kier molecular flexibility index (Phi) is 10.8. The smallest absolute Gasteiger partial charge is 0.408 e. The number of carboxylic acid groups (broad SMARTS) is 1. The monoisotopic (exact) mass is 466 g/mol. The number of benzene rings is 1. The Morgan fingerprint density at radius 3 is 2.24 bits per heavy atom. The molecule has 0 radical (unpaired) electrons. The van der Waals surface area contributed by atoms with Crippen LogP contribution in [-0.4, -0.2) is 69.8 Å². The van der Waals surface area contributed by atoms with E-state index < -0.39 is 48.1 Å². The molecule has 0 aliphatic heterocycles. The highest BCUT2D eigenvalue weighted by atomic mass is 16.6. The Balaban J connectivity index is 3.06. The van der Waals surface area contributed by atoms with Crippen LogP contribution in [-0.2, 0) is 25.5 Å². The molecule has 1 aromatic carbocycles. The van der Waals surface area contributed by atoms with Crippen LogP contribution < -0.4 is 16.8 Å². The predicted molar refractivity (Wildman–Crippen MR) is 120 cm³/mol. The van der Waals surface area contributed by atoms with Crippen LogP contribution in [0.4, 0.5) is 4.79 Å². The summed E-state index contributed by atoms with van der Waals surface area (Å²) in [6, 6.07) is 3.28. The minimum absolute atomic E-state index is 0.0114. The molecule has 3 amide bonds. The first kappa shape index (κ1) is 27.9. The van der Waals surface area contributed by atoms with Crippen molar-refractivity contribution in [1.29, 1.82) is 0 Å². The standard InChI is InChI=1S/C22H34N4O7/c1-22(2,3)33-21(32)25-13-18(28)26(17(20(30)31)6-4-5-11-23)19(29)16(24)12-14-7-9-15(27)10-8-14/h7-10,16-17,27H,4-6,11-13,23-24H2,1-3H3,(H,25,32)(H,30,31). The molecule has 0 aromatic heterocycles. The number of aliphatic carboxylic acids is 1. The average Bonchev–Trinajstić information content (AvgIpc) is 2.71. The number of hydrogen-bond acceptors (Lipinski definition) is 8. The molecular weight excluding hydrogens is 432 g/mol. The summed E-state index contributed by atoms with van der Waals surface area (Å²) in [5, 5.41) is 21.4. The van der Waals surface area contributed by atoms with Crippen LogP contribution in [0.3, 0.4) is 0 Å². The fourth-order valence-corrected chi connectivity index (χ4v) is 2.99. The molecule has 0 saturated heterocycles. The van der Waals surface area contributed by atoms with Crippen LogP contribution in [0.25, 0.3) is 0 Å². The van der Waals surface area contributed by atoms with Gasteiger partial charge in [-0.25, -0.2) is 9.59 Å². The maximum absolute atomic E-state index is 13.1. The van der Waals surface area contributed by atoms with Crippen LogP contribution in [0.1, 0.15) is 45.6 Å². The van der Waals surface area contributed by atoms with Gasteiger partial charge in [0.1, 0.15) is 23.9 Å². The second-order valence-corrected chi connectivity index (χ2v) is 8.57. The second kappa shape index (κ2) is 12.8. The van der Waals surface area contributed by atoms with E-state index in [2.05, 4.69) is 5.32 Å². The van der Waals surface area contributed by atoms with Crippen molar-refractivity contribution in [3.05, 3.63) is 29.8 Å². The van der Waals surface area contributed by atoms with Crippen molar-refractivity contribution in [3.8, 4) is 5.75 Å². The molecule has 0 aliphatic rings. The van der Waals surface area contributed by atoms with Crippen molar-refractivity contribution in [2.45, 2.75) is 64.1 Å². The number of carboxylic acids is 1. The van der Waals surface area contributed by atoms with Gasteiger partial charge in [0.25, 0.3) is 0 Å². The third-order valence-corrected chi connectivity index (χ3v) is 4.53. The highest BCUT2D eigenvalue weighted by Crippen LogP contribution is 2.15. The lowest BCUT2D eigenvalue weighted by molar-refractivity contribution is -0.158. The Hall–Kier alpha value is -3.18. The van der Waals surface area contributed by atoms with E-state index >= 15 is 0 Å². The van der Waals surface area contributed by atoms with Crippen molar-refractivity contribution >= 4 is 23.9 Å². The maximum atomic E-state index is 13.1. The molecule has 1 aromatic rings. The van der Waals surface area contributed by atoms with Crippen LogP contribution in [0.2, 0.25) is 0 Å². The van der Waals surface area contributed by atoms with Gasteiger partial charge in [-0.15, -0.1) is 0 Å². The molecular formula is C22H34N4O7. The van der Waals surface area contributed by atoms with E-state index in [1.165, 1.54) is 12.1 Å². The summed E-state index contributed by atoms with van der Waals surface area (Å²) in [6.45, 7) is 4.61.